The molecule has 0 unspecified atom stereocenters. The van der Waals surface area contributed by atoms with Gasteiger partial charge in [0.2, 0.25) is 5.95 Å². The molecule has 3 N–H and O–H groups in total. The summed E-state index contributed by atoms with van der Waals surface area (Å²) in [4.78, 5) is 8.21. The van der Waals surface area contributed by atoms with Crippen LogP contribution >= 0.6 is 0 Å². The largest absolute Gasteiger partial charge is 0.368 e. The zero-order valence-corrected chi connectivity index (χ0v) is 11.1. The Morgan fingerprint density at radius 2 is 2.06 bits per heavy atom. The summed E-state index contributed by atoms with van der Waals surface area (Å²) in [6.45, 7) is 6.00. The molecule has 2 aromatic rings. The van der Waals surface area contributed by atoms with E-state index in [1.54, 1.807) is 0 Å². The van der Waals surface area contributed by atoms with Gasteiger partial charge >= 0.3 is 0 Å². The molecule has 0 aliphatic heterocycles. The van der Waals surface area contributed by atoms with Gasteiger partial charge in [-0.25, -0.2) is 4.98 Å². The minimum Gasteiger partial charge on any atom is -0.368 e. The van der Waals surface area contributed by atoms with Crippen molar-refractivity contribution in [1.29, 1.82) is 0 Å². The van der Waals surface area contributed by atoms with E-state index in [-0.39, 0.29) is 12.0 Å². The van der Waals surface area contributed by atoms with Gasteiger partial charge in [0.05, 0.1) is 12.2 Å². The molecule has 0 radical (unpaired) electrons. The lowest BCUT2D eigenvalue weighted by atomic mass is 10.1. The van der Waals surface area contributed by atoms with Crippen molar-refractivity contribution in [2.24, 2.45) is 7.05 Å². The third kappa shape index (κ3) is 2.42. The highest BCUT2D eigenvalue weighted by atomic mass is 15.3. The van der Waals surface area contributed by atoms with E-state index in [1.807, 2.05) is 37.8 Å². The van der Waals surface area contributed by atoms with Gasteiger partial charge in [-0.05, 0) is 20.8 Å². The van der Waals surface area contributed by atoms with E-state index in [4.69, 9.17) is 5.73 Å². The molecule has 0 aliphatic rings. The zero-order valence-electron chi connectivity index (χ0n) is 11.1. The summed E-state index contributed by atoms with van der Waals surface area (Å²) in [6.07, 6.45) is 1.87. The number of nitrogens with one attached hydrogen (secondary N) is 1. The van der Waals surface area contributed by atoms with Crippen molar-refractivity contribution in [3.8, 4) is 0 Å². The Hall–Kier alpha value is -2.11. The lowest BCUT2D eigenvalue weighted by molar-refractivity contribution is 0.734. The van der Waals surface area contributed by atoms with Crippen LogP contribution in [0.2, 0.25) is 0 Å². The molecule has 0 bridgehead atoms. The summed E-state index contributed by atoms with van der Waals surface area (Å²) in [6, 6.07) is 1.99. The molecule has 0 amide bonds. The van der Waals surface area contributed by atoms with Crippen molar-refractivity contribution in [2.75, 3.05) is 11.1 Å². The normalized spacial score (nSPS) is 12.4. The Morgan fingerprint density at radius 1 is 1.33 bits per heavy atom. The maximum absolute atomic E-state index is 5.63. The first kappa shape index (κ1) is 12.3. The molecule has 6 nitrogen and oxygen atoms in total. The van der Waals surface area contributed by atoms with Crippen LogP contribution in [0.5, 0.6) is 0 Å². The highest BCUT2D eigenvalue weighted by molar-refractivity contribution is 5.42. The van der Waals surface area contributed by atoms with E-state index in [0.717, 1.165) is 22.8 Å². The summed E-state index contributed by atoms with van der Waals surface area (Å²) in [5, 5.41) is 7.54. The SMILES string of the molecule is Cc1cc(N[C@H](C)c2cnn(C)c2C)nc(N)n1. The van der Waals surface area contributed by atoms with Gasteiger partial charge in [0, 0.05) is 30.1 Å². The van der Waals surface area contributed by atoms with Gasteiger partial charge in [0.1, 0.15) is 5.82 Å². The number of rotatable bonds is 3. The van der Waals surface area contributed by atoms with Crippen LogP contribution in [-0.4, -0.2) is 19.7 Å². The summed E-state index contributed by atoms with van der Waals surface area (Å²) in [5.41, 5.74) is 8.76. The molecule has 0 spiro atoms. The summed E-state index contributed by atoms with van der Waals surface area (Å²) in [5.74, 6) is 1.02. The quantitative estimate of drug-likeness (QED) is 0.859. The van der Waals surface area contributed by atoms with Crippen LogP contribution in [0.25, 0.3) is 0 Å². The van der Waals surface area contributed by atoms with Crippen molar-refractivity contribution in [2.45, 2.75) is 26.8 Å². The van der Waals surface area contributed by atoms with Gasteiger partial charge in [-0.15, -0.1) is 0 Å². The van der Waals surface area contributed by atoms with Crippen molar-refractivity contribution < 1.29 is 0 Å². The molecule has 0 saturated heterocycles. The van der Waals surface area contributed by atoms with Crippen LogP contribution in [0.4, 0.5) is 11.8 Å². The molecule has 0 aliphatic carbocycles. The Bertz CT molecular complexity index is 539. The lowest BCUT2D eigenvalue weighted by Gasteiger charge is -2.14. The van der Waals surface area contributed by atoms with Crippen LogP contribution in [0.15, 0.2) is 12.3 Å². The zero-order chi connectivity index (χ0) is 13.3. The third-order valence-corrected chi connectivity index (χ3v) is 2.98. The Labute approximate surface area is 106 Å². The molecular formula is C12H18N6. The molecular weight excluding hydrogens is 228 g/mol. The van der Waals surface area contributed by atoms with E-state index in [2.05, 4.69) is 27.3 Å². The Morgan fingerprint density at radius 3 is 2.61 bits per heavy atom. The minimum atomic E-state index is 0.118. The van der Waals surface area contributed by atoms with Crippen LogP contribution in [-0.2, 0) is 7.05 Å². The fourth-order valence-corrected chi connectivity index (χ4v) is 1.91. The number of nitrogen functional groups attached to an aromatic ring is 1. The first-order valence-corrected chi connectivity index (χ1v) is 5.83. The van der Waals surface area contributed by atoms with E-state index < -0.39 is 0 Å². The predicted octanol–water partition coefficient (Wildman–Crippen LogP) is 1.58. The predicted molar refractivity (Wildman–Crippen MR) is 71.2 cm³/mol. The first-order valence-electron chi connectivity index (χ1n) is 5.83. The van der Waals surface area contributed by atoms with Gasteiger partial charge in [0.25, 0.3) is 0 Å². The number of hydrogen-bond donors (Lipinski definition) is 2. The number of nitrogens with two attached hydrogens (primary N) is 1. The van der Waals surface area contributed by atoms with Crippen LogP contribution in [0, 0.1) is 13.8 Å². The number of anilines is 2. The molecule has 1 atom stereocenters. The fraction of sp³-hybridized carbons (Fsp3) is 0.417. The average Bonchev–Trinajstić information content (AvgIpc) is 2.58. The average molecular weight is 246 g/mol. The maximum atomic E-state index is 5.63. The number of hydrogen-bond acceptors (Lipinski definition) is 5. The van der Waals surface area contributed by atoms with E-state index in [9.17, 15) is 0 Å². The highest BCUT2D eigenvalue weighted by Crippen LogP contribution is 2.21. The van der Waals surface area contributed by atoms with Crippen molar-refractivity contribution in [1.82, 2.24) is 19.7 Å². The third-order valence-electron chi connectivity index (χ3n) is 2.98. The number of aromatic nitrogens is 4. The van der Waals surface area contributed by atoms with Crippen molar-refractivity contribution >= 4 is 11.8 Å². The molecule has 2 rings (SSSR count). The van der Waals surface area contributed by atoms with Gasteiger partial charge in [-0.1, -0.05) is 0 Å². The second-order valence-corrected chi connectivity index (χ2v) is 4.43. The molecule has 0 saturated carbocycles. The number of nitrogens with zero attached hydrogens (tertiary/aromatic N) is 4. The van der Waals surface area contributed by atoms with E-state index in [1.165, 1.54) is 0 Å². The topological polar surface area (TPSA) is 81.7 Å². The summed E-state index contributed by atoms with van der Waals surface area (Å²) in [7, 11) is 1.93. The van der Waals surface area contributed by atoms with Crippen LogP contribution in [0.1, 0.15) is 29.9 Å². The molecule has 6 heteroatoms. The molecule has 0 fully saturated rings. The van der Waals surface area contributed by atoms with Gasteiger partial charge in [0.15, 0.2) is 0 Å². The number of aryl methyl sites for hydroxylation is 2. The Balaban J connectivity index is 2.21. The van der Waals surface area contributed by atoms with Crippen molar-refractivity contribution in [3.63, 3.8) is 0 Å². The fourth-order valence-electron chi connectivity index (χ4n) is 1.91. The lowest BCUT2D eigenvalue weighted by Crippen LogP contribution is -2.10. The van der Waals surface area contributed by atoms with Gasteiger partial charge in [-0.2, -0.15) is 10.1 Å². The second kappa shape index (κ2) is 4.64. The van der Waals surface area contributed by atoms with E-state index >= 15 is 0 Å². The summed E-state index contributed by atoms with van der Waals surface area (Å²) >= 11 is 0. The molecule has 0 aromatic carbocycles. The second-order valence-electron chi connectivity index (χ2n) is 4.43. The summed E-state index contributed by atoms with van der Waals surface area (Å²) < 4.78 is 1.85. The Kier molecular flexibility index (Phi) is 3.18. The molecule has 96 valence electrons. The molecule has 18 heavy (non-hydrogen) atoms. The maximum Gasteiger partial charge on any atom is 0.222 e. The van der Waals surface area contributed by atoms with Gasteiger partial charge < -0.3 is 11.1 Å². The first-order chi connectivity index (χ1) is 8.47. The van der Waals surface area contributed by atoms with E-state index in [0.29, 0.717) is 0 Å². The smallest absolute Gasteiger partial charge is 0.222 e. The highest BCUT2D eigenvalue weighted by Gasteiger charge is 2.12. The monoisotopic (exact) mass is 246 g/mol. The van der Waals surface area contributed by atoms with Crippen LogP contribution < -0.4 is 11.1 Å². The standard InChI is InChI=1S/C12H18N6/c1-7-5-11(17-12(13)15-7)16-8(2)10-6-14-18(4)9(10)3/h5-6,8H,1-4H3,(H3,13,15,16,17)/t8-/m1/s1. The van der Waals surface area contributed by atoms with Gasteiger partial charge in [-0.3, -0.25) is 4.68 Å². The molecule has 2 aromatic heterocycles. The van der Waals surface area contributed by atoms with Crippen LogP contribution in [0.3, 0.4) is 0 Å². The van der Waals surface area contributed by atoms with Crippen molar-refractivity contribution in [3.05, 3.63) is 29.2 Å². The minimum absolute atomic E-state index is 0.118. The molecule has 2 heterocycles.